The van der Waals surface area contributed by atoms with Crippen LogP contribution in [0.2, 0.25) is 0 Å². The Balaban J connectivity index is 2.30. The number of likely N-dealkylation sites (tertiary alicyclic amines) is 1. The van der Waals surface area contributed by atoms with Gasteiger partial charge in [0.1, 0.15) is 12.1 Å². The van der Waals surface area contributed by atoms with Crippen LogP contribution in [0.5, 0.6) is 0 Å². The Labute approximate surface area is 87.3 Å². The van der Waals surface area contributed by atoms with Crippen molar-refractivity contribution in [1.82, 2.24) is 0 Å². The molecule has 0 aromatic rings. The molecule has 2 nitrogen and oxygen atoms in total. The van der Waals surface area contributed by atoms with Gasteiger partial charge in [-0.1, -0.05) is 12.8 Å². The lowest BCUT2D eigenvalue weighted by Gasteiger charge is -2.21. The zero-order chi connectivity index (χ0) is 10.4. The van der Waals surface area contributed by atoms with E-state index in [9.17, 15) is 5.11 Å². The van der Waals surface area contributed by atoms with E-state index >= 15 is 0 Å². The number of aliphatic hydroxyl groups is 1. The molecule has 0 bridgehead atoms. The lowest BCUT2D eigenvalue weighted by Crippen LogP contribution is -3.12. The highest BCUT2D eigenvalue weighted by molar-refractivity contribution is 5.11. The molecular weight excluding hydrogens is 174 g/mol. The maximum Gasteiger partial charge on any atom is 0.139 e. The van der Waals surface area contributed by atoms with Crippen LogP contribution in [0.1, 0.15) is 39.5 Å². The van der Waals surface area contributed by atoms with Crippen molar-refractivity contribution in [3.63, 3.8) is 0 Å². The summed E-state index contributed by atoms with van der Waals surface area (Å²) in [5.41, 5.74) is -0.783. The van der Waals surface area contributed by atoms with Gasteiger partial charge in [-0.15, -0.1) is 0 Å². The molecule has 1 unspecified atom stereocenters. The van der Waals surface area contributed by atoms with Gasteiger partial charge in [-0.25, -0.2) is 0 Å². The topological polar surface area (TPSA) is 24.7 Å². The summed E-state index contributed by atoms with van der Waals surface area (Å²) in [7, 11) is 0. The molecular formula is C12H22NO+. The van der Waals surface area contributed by atoms with E-state index in [1.165, 1.54) is 32.4 Å². The van der Waals surface area contributed by atoms with Crippen LogP contribution < -0.4 is 4.90 Å². The van der Waals surface area contributed by atoms with Crippen LogP contribution in [0, 0.1) is 11.8 Å². The van der Waals surface area contributed by atoms with Crippen LogP contribution in [-0.4, -0.2) is 30.3 Å². The van der Waals surface area contributed by atoms with Crippen molar-refractivity contribution in [1.29, 1.82) is 0 Å². The molecule has 1 aliphatic rings. The summed E-state index contributed by atoms with van der Waals surface area (Å²) in [6.07, 6.45) is 4.75. The van der Waals surface area contributed by atoms with Crippen LogP contribution in [0.3, 0.4) is 0 Å². The fourth-order valence-corrected chi connectivity index (χ4v) is 1.68. The molecule has 0 aromatic carbocycles. The average molecular weight is 196 g/mol. The van der Waals surface area contributed by atoms with Crippen LogP contribution in [-0.2, 0) is 0 Å². The first kappa shape index (κ1) is 11.6. The molecule has 0 amide bonds. The normalized spacial score (nSPS) is 22.2. The summed E-state index contributed by atoms with van der Waals surface area (Å²) < 4.78 is 0. The number of piperidine rings is 1. The third-order valence-electron chi connectivity index (χ3n) is 2.95. The number of nitrogens with one attached hydrogen (secondary N) is 1. The van der Waals surface area contributed by atoms with Crippen molar-refractivity contribution in [3.8, 4) is 11.8 Å². The molecule has 2 heteroatoms. The Morgan fingerprint density at radius 3 is 2.50 bits per heavy atom. The van der Waals surface area contributed by atoms with Crippen molar-refractivity contribution in [3.05, 3.63) is 0 Å². The van der Waals surface area contributed by atoms with Crippen molar-refractivity contribution in [2.45, 2.75) is 45.1 Å². The highest BCUT2D eigenvalue weighted by Gasteiger charge is 2.14. The Morgan fingerprint density at radius 2 is 1.93 bits per heavy atom. The predicted octanol–water partition coefficient (Wildman–Crippen LogP) is 0.220. The van der Waals surface area contributed by atoms with Gasteiger partial charge in [0, 0.05) is 0 Å². The molecule has 2 N–H and O–H groups in total. The van der Waals surface area contributed by atoms with Gasteiger partial charge in [0.25, 0.3) is 0 Å². The molecule has 0 aromatic heterocycles. The average Bonchev–Trinajstić information content (AvgIpc) is 2.19. The zero-order valence-corrected chi connectivity index (χ0v) is 9.40. The first-order chi connectivity index (χ1) is 6.64. The molecule has 14 heavy (non-hydrogen) atoms. The van der Waals surface area contributed by atoms with Crippen LogP contribution in [0.25, 0.3) is 0 Å². The number of hydrogen-bond acceptors (Lipinski definition) is 1. The van der Waals surface area contributed by atoms with E-state index in [1.54, 1.807) is 11.8 Å². The summed E-state index contributed by atoms with van der Waals surface area (Å²) in [4.78, 5) is 1.58. The Hall–Kier alpha value is -0.520. The van der Waals surface area contributed by atoms with E-state index < -0.39 is 5.60 Å². The van der Waals surface area contributed by atoms with Crippen LogP contribution >= 0.6 is 0 Å². The van der Waals surface area contributed by atoms with Gasteiger partial charge in [0.05, 0.1) is 13.1 Å². The summed E-state index contributed by atoms with van der Waals surface area (Å²) in [6.45, 7) is 7.15. The molecule has 1 fully saturated rings. The summed E-state index contributed by atoms with van der Waals surface area (Å²) >= 11 is 0. The summed E-state index contributed by atoms with van der Waals surface area (Å²) in [6, 6.07) is 0. The van der Waals surface area contributed by atoms with Gasteiger partial charge in [-0.2, -0.15) is 0 Å². The van der Waals surface area contributed by atoms with Crippen molar-refractivity contribution in [2.24, 2.45) is 0 Å². The first-order valence-corrected chi connectivity index (χ1v) is 5.70. The molecule has 80 valence electrons. The van der Waals surface area contributed by atoms with Gasteiger partial charge >= 0.3 is 0 Å². The quantitative estimate of drug-likeness (QED) is 0.607. The van der Waals surface area contributed by atoms with Crippen molar-refractivity contribution in [2.75, 3.05) is 19.6 Å². The second-order valence-corrected chi connectivity index (χ2v) is 4.42. The van der Waals surface area contributed by atoms with E-state index in [0.29, 0.717) is 6.42 Å². The van der Waals surface area contributed by atoms with Gasteiger partial charge in [-0.05, 0) is 38.5 Å². The van der Waals surface area contributed by atoms with Crippen LogP contribution in [0.15, 0.2) is 0 Å². The Kier molecular flexibility index (Phi) is 4.44. The molecule has 1 saturated heterocycles. The van der Waals surface area contributed by atoms with E-state index in [2.05, 4.69) is 11.8 Å². The van der Waals surface area contributed by atoms with E-state index in [0.717, 1.165) is 6.54 Å². The second kappa shape index (κ2) is 5.38. The van der Waals surface area contributed by atoms with E-state index in [-0.39, 0.29) is 0 Å². The second-order valence-electron chi connectivity index (χ2n) is 4.42. The maximum atomic E-state index is 9.67. The highest BCUT2D eigenvalue weighted by atomic mass is 16.3. The monoisotopic (exact) mass is 196 g/mol. The first-order valence-electron chi connectivity index (χ1n) is 5.70. The summed E-state index contributed by atoms with van der Waals surface area (Å²) in [5, 5.41) is 9.67. The molecule has 1 rings (SSSR count). The molecule has 0 aliphatic carbocycles. The fraction of sp³-hybridized carbons (Fsp3) is 0.833. The lowest BCUT2D eigenvalue weighted by atomic mass is 10.1. The fourth-order valence-electron chi connectivity index (χ4n) is 1.68. The van der Waals surface area contributed by atoms with Gasteiger partial charge < -0.3 is 10.0 Å². The SMILES string of the molecule is CCC(C)(O)C#CC[NH+]1CCCCC1. The van der Waals surface area contributed by atoms with Crippen LogP contribution in [0.4, 0.5) is 0 Å². The van der Waals surface area contributed by atoms with E-state index in [4.69, 9.17) is 0 Å². The molecule has 1 heterocycles. The van der Waals surface area contributed by atoms with Gasteiger partial charge in [-0.3, -0.25) is 0 Å². The van der Waals surface area contributed by atoms with Crippen molar-refractivity contribution < 1.29 is 10.0 Å². The Bertz CT molecular complexity index is 218. The molecule has 1 aliphatic heterocycles. The highest BCUT2D eigenvalue weighted by Crippen LogP contribution is 2.04. The molecule has 1 atom stereocenters. The predicted molar refractivity (Wildman–Crippen MR) is 58.1 cm³/mol. The minimum absolute atomic E-state index is 0.704. The third-order valence-corrected chi connectivity index (χ3v) is 2.95. The molecule has 0 spiro atoms. The van der Waals surface area contributed by atoms with Gasteiger partial charge in [0.2, 0.25) is 0 Å². The number of quaternary nitrogens is 1. The minimum Gasteiger partial charge on any atom is -0.378 e. The zero-order valence-electron chi connectivity index (χ0n) is 9.40. The number of rotatable bonds is 2. The molecule has 0 saturated carbocycles. The van der Waals surface area contributed by atoms with Crippen molar-refractivity contribution >= 4 is 0 Å². The Morgan fingerprint density at radius 1 is 1.29 bits per heavy atom. The molecule has 0 radical (unpaired) electrons. The van der Waals surface area contributed by atoms with Gasteiger partial charge in [0.15, 0.2) is 0 Å². The van der Waals surface area contributed by atoms with E-state index in [1.807, 2.05) is 6.92 Å². The smallest absolute Gasteiger partial charge is 0.139 e. The largest absolute Gasteiger partial charge is 0.378 e. The minimum atomic E-state index is -0.783. The lowest BCUT2D eigenvalue weighted by molar-refractivity contribution is -0.897. The maximum absolute atomic E-state index is 9.67. The third kappa shape index (κ3) is 4.13. The standard InChI is InChI=1S/C12H21NO/c1-3-12(2,14)8-7-11-13-9-5-4-6-10-13/h14H,3-6,9-11H2,1-2H3/p+1. The summed E-state index contributed by atoms with van der Waals surface area (Å²) in [5.74, 6) is 6.05. The number of hydrogen-bond donors (Lipinski definition) is 2.